The maximum atomic E-state index is 11.8. The van der Waals surface area contributed by atoms with E-state index in [-0.39, 0.29) is 17.4 Å². The lowest BCUT2D eigenvalue weighted by molar-refractivity contribution is 0.0953. The van der Waals surface area contributed by atoms with Crippen molar-refractivity contribution in [1.82, 2.24) is 10.3 Å². The van der Waals surface area contributed by atoms with Crippen LogP contribution in [0.3, 0.4) is 0 Å². The third kappa shape index (κ3) is 3.45. The predicted molar refractivity (Wildman–Crippen MR) is 70.0 cm³/mol. The highest BCUT2D eigenvalue weighted by atomic mass is 16.3. The third-order valence-corrected chi connectivity index (χ3v) is 2.69. The zero-order valence-electron chi connectivity index (χ0n) is 10.2. The second-order valence-electron chi connectivity index (χ2n) is 4.06. The quantitative estimate of drug-likeness (QED) is 0.725. The summed E-state index contributed by atoms with van der Waals surface area (Å²) >= 11 is 0. The van der Waals surface area contributed by atoms with E-state index in [4.69, 9.17) is 5.11 Å². The Kier molecular flexibility index (Phi) is 3.97. The number of benzene rings is 1. The van der Waals surface area contributed by atoms with Gasteiger partial charge in [-0.1, -0.05) is 0 Å². The average molecular weight is 258 g/mol. The number of carbonyl (C=O) groups excluding carboxylic acids is 1. The summed E-state index contributed by atoms with van der Waals surface area (Å²) < 4.78 is 0. The first-order chi connectivity index (χ1) is 9.16. The van der Waals surface area contributed by atoms with Crippen LogP contribution in [-0.2, 0) is 6.42 Å². The number of carbonyl (C=O) groups is 1. The Labute approximate surface area is 110 Å². The van der Waals surface area contributed by atoms with Crippen LogP contribution in [0.25, 0.3) is 0 Å². The molecule has 0 saturated heterocycles. The van der Waals surface area contributed by atoms with E-state index < -0.39 is 0 Å². The van der Waals surface area contributed by atoms with Gasteiger partial charge in [-0.2, -0.15) is 0 Å². The van der Waals surface area contributed by atoms with Gasteiger partial charge in [0.2, 0.25) is 0 Å². The highest BCUT2D eigenvalue weighted by molar-refractivity contribution is 5.94. The number of hydrogen-bond acceptors (Lipinski definition) is 4. The molecule has 5 nitrogen and oxygen atoms in total. The van der Waals surface area contributed by atoms with Gasteiger partial charge in [-0.3, -0.25) is 9.78 Å². The van der Waals surface area contributed by atoms with Crippen molar-refractivity contribution in [1.29, 1.82) is 0 Å². The summed E-state index contributed by atoms with van der Waals surface area (Å²) in [4.78, 5) is 15.7. The van der Waals surface area contributed by atoms with Crippen molar-refractivity contribution >= 4 is 5.91 Å². The Bertz CT molecular complexity index is 570. The summed E-state index contributed by atoms with van der Waals surface area (Å²) in [6.07, 6.45) is 4.11. The first-order valence-corrected chi connectivity index (χ1v) is 5.86. The normalized spacial score (nSPS) is 10.1. The fourth-order valence-electron chi connectivity index (χ4n) is 1.64. The molecule has 1 heterocycles. The first kappa shape index (κ1) is 12.9. The molecule has 2 rings (SSSR count). The van der Waals surface area contributed by atoms with E-state index in [2.05, 4.69) is 10.3 Å². The minimum absolute atomic E-state index is 0.242. The van der Waals surface area contributed by atoms with Crippen molar-refractivity contribution in [2.75, 3.05) is 6.54 Å². The number of nitrogens with zero attached hydrogens (tertiary/aromatic N) is 1. The van der Waals surface area contributed by atoms with Crippen molar-refractivity contribution in [2.45, 2.75) is 6.42 Å². The molecule has 0 aliphatic heterocycles. The van der Waals surface area contributed by atoms with Crippen LogP contribution in [0.1, 0.15) is 15.9 Å². The van der Waals surface area contributed by atoms with Crippen LogP contribution >= 0.6 is 0 Å². The van der Waals surface area contributed by atoms with Crippen LogP contribution < -0.4 is 5.32 Å². The van der Waals surface area contributed by atoms with Crippen molar-refractivity contribution in [2.24, 2.45) is 0 Å². The molecule has 1 amide bonds. The molecule has 0 atom stereocenters. The van der Waals surface area contributed by atoms with E-state index in [9.17, 15) is 9.90 Å². The molecular weight excluding hydrogens is 244 g/mol. The van der Waals surface area contributed by atoms with Crippen LogP contribution in [-0.4, -0.2) is 27.6 Å². The maximum Gasteiger partial charge on any atom is 0.251 e. The largest absolute Gasteiger partial charge is 0.504 e. The summed E-state index contributed by atoms with van der Waals surface area (Å²) in [6, 6.07) is 7.75. The molecule has 0 fully saturated rings. The van der Waals surface area contributed by atoms with E-state index in [1.54, 1.807) is 12.4 Å². The lowest BCUT2D eigenvalue weighted by atomic mass is 10.1. The molecule has 1 aromatic heterocycles. The number of pyridine rings is 1. The minimum Gasteiger partial charge on any atom is -0.504 e. The molecule has 2 aromatic rings. The van der Waals surface area contributed by atoms with Crippen molar-refractivity contribution in [3.63, 3.8) is 0 Å². The lowest BCUT2D eigenvalue weighted by Gasteiger charge is -2.06. The summed E-state index contributed by atoms with van der Waals surface area (Å²) in [6.45, 7) is 0.491. The molecule has 0 bridgehead atoms. The van der Waals surface area contributed by atoms with Gasteiger partial charge in [0.1, 0.15) is 0 Å². The Balaban J connectivity index is 1.89. The van der Waals surface area contributed by atoms with E-state index in [1.165, 1.54) is 18.2 Å². The molecule has 98 valence electrons. The lowest BCUT2D eigenvalue weighted by Crippen LogP contribution is -2.25. The number of aromatic hydroxyl groups is 2. The van der Waals surface area contributed by atoms with Crippen molar-refractivity contribution < 1.29 is 15.0 Å². The van der Waals surface area contributed by atoms with Crippen LogP contribution in [0.2, 0.25) is 0 Å². The number of hydrogen-bond donors (Lipinski definition) is 3. The van der Waals surface area contributed by atoms with Crippen LogP contribution in [0.5, 0.6) is 11.5 Å². The minimum atomic E-state index is -0.304. The fourth-order valence-corrected chi connectivity index (χ4v) is 1.64. The number of phenolic OH excluding ortho intramolecular Hbond substituents is 2. The zero-order chi connectivity index (χ0) is 13.7. The zero-order valence-corrected chi connectivity index (χ0v) is 10.2. The van der Waals surface area contributed by atoms with Gasteiger partial charge in [0.25, 0.3) is 5.91 Å². The van der Waals surface area contributed by atoms with Gasteiger partial charge in [0.15, 0.2) is 11.5 Å². The van der Waals surface area contributed by atoms with Gasteiger partial charge in [0, 0.05) is 24.5 Å². The molecule has 3 N–H and O–H groups in total. The number of amides is 1. The summed E-state index contributed by atoms with van der Waals surface area (Å²) in [5, 5.41) is 21.2. The summed E-state index contributed by atoms with van der Waals surface area (Å²) in [5.74, 6) is -0.834. The van der Waals surface area contributed by atoms with Gasteiger partial charge in [-0.05, 0) is 42.3 Å². The molecule has 0 radical (unpaired) electrons. The molecular formula is C14H14N2O3. The molecule has 19 heavy (non-hydrogen) atoms. The molecule has 0 unspecified atom stereocenters. The average Bonchev–Trinajstić information content (AvgIpc) is 2.43. The SMILES string of the molecule is O=C(NCCc1ccncc1)c1ccc(O)c(O)c1. The Morgan fingerprint density at radius 2 is 1.84 bits per heavy atom. The van der Waals surface area contributed by atoms with E-state index in [1.807, 2.05) is 12.1 Å². The van der Waals surface area contributed by atoms with Gasteiger partial charge in [0.05, 0.1) is 0 Å². The van der Waals surface area contributed by atoms with Gasteiger partial charge >= 0.3 is 0 Å². The molecule has 0 spiro atoms. The van der Waals surface area contributed by atoms with E-state index in [0.717, 1.165) is 5.56 Å². The summed E-state index contributed by atoms with van der Waals surface area (Å²) in [7, 11) is 0. The number of nitrogens with one attached hydrogen (secondary N) is 1. The van der Waals surface area contributed by atoms with E-state index >= 15 is 0 Å². The molecule has 1 aromatic carbocycles. The Morgan fingerprint density at radius 3 is 2.53 bits per heavy atom. The summed E-state index contributed by atoms with van der Waals surface area (Å²) in [5.41, 5.74) is 1.40. The molecule has 5 heteroatoms. The molecule has 0 aliphatic carbocycles. The monoisotopic (exact) mass is 258 g/mol. The van der Waals surface area contributed by atoms with E-state index in [0.29, 0.717) is 18.5 Å². The maximum absolute atomic E-state index is 11.8. The van der Waals surface area contributed by atoms with Gasteiger partial charge in [-0.15, -0.1) is 0 Å². The standard InChI is InChI=1S/C14H14N2O3/c17-12-2-1-11(9-13(12)18)14(19)16-8-5-10-3-6-15-7-4-10/h1-4,6-7,9,17-18H,5,8H2,(H,16,19). The van der Waals surface area contributed by atoms with Crippen LogP contribution in [0.15, 0.2) is 42.7 Å². The second-order valence-corrected chi connectivity index (χ2v) is 4.06. The van der Waals surface area contributed by atoms with Crippen LogP contribution in [0, 0.1) is 0 Å². The number of aromatic nitrogens is 1. The van der Waals surface area contributed by atoms with Crippen molar-refractivity contribution in [3.05, 3.63) is 53.9 Å². The smallest absolute Gasteiger partial charge is 0.251 e. The Hall–Kier alpha value is -2.56. The third-order valence-electron chi connectivity index (χ3n) is 2.69. The fraction of sp³-hybridized carbons (Fsp3) is 0.143. The first-order valence-electron chi connectivity index (χ1n) is 5.86. The van der Waals surface area contributed by atoms with Crippen molar-refractivity contribution in [3.8, 4) is 11.5 Å². The highest BCUT2D eigenvalue weighted by Crippen LogP contribution is 2.24. The number of phenols is 2. The topological polar surface area (TPSA) is 82.5 Å². The Morgan fingerprint density at radius 1 is 1.11 bits per heavy atom. The molecule has 0 saturated carbocycles. The highest BCUT2D eigenvalue weighted by Gasteiger charge is 2.08. The van der Waals surface area contributed by atoms with Gasteiger partial charge in [-0.25, -0.2) is 0 Å². The number of rotatable bonds is 4. The second kappa shape index (κ2) is 5.86. The van der Waals surface area contributed by atoms with Gasteiger partial charge < -0.3 is 15.5 Å². The van der Waals surface area contributed by atoms with Crippen LogP contribution in [0.4, 0.5) is 0 Å². The molecule has 0 aliphatic rings. The predicted octanol–water partition coefficient (Wildman–Crippen LogP) is 1.47.